The van der Waals surface area contributed by atoms with E-state index in [1.165, 1.54) is 6.07 Å². The molecule has 1 aromatic rings. The van der Waals surface area contributed by atoms with Gasteiger partial charge in [-0.2, -0.15) is 5.26 Å². The first-order valence-corrected chi connectivity index (χ1v) is 6.04. The van der Waals surface area contributed by atoms with Gasteiger partial charge in [0.15, 0.2) is 11.6 Å². The summed E-state index contributed by atoms with van der Waals surface area (Å²) < 4.78 is 37.5. The van der Waals surface area contributed by atoms with Crippen molar-refractivity contribution >= 4 is 10.8 Å². The van der Waals surface area contributed by atoms with Crippen LogP contribution in [-0.2, 0) is 10.8 Å². The lowest BCUT2D eigenvalue weighted by atomic mass is 10.3. The van der Waals surface area contributed by atoms with Crippen LogP contribution in [0.4, 0.5) is 8.78 Å². The first-order chi connectivity index (χ1) is 7.60. The van der Waals surface area contributed by atoms with Crippen molar-refractivity contribution < 1.29 is 13.0 Å². The van der Waals surface area contributed by atoms with Crippen LogP contribution in [0.15, 0.2) is 23.1 Å². The third kappa shape index (κ3) is 2.86. The Labute approximate surface area is 95.4 Å². The summed E-state index contributed by atoms with van der Waals surface area (Å²) in [6, 6.07) is 5.09. The van der Waals surface area contributed by atoms with E-state index in [2.05, 4.69) is 0 Å². The van der Waals surface area contributed by atoms with Crippen LogP contribution < -0.4 is 0 Å². The Morgan fingerprint density at radius 2 is 2.12 bits per heavy atom. The van der Waals surface area contributed by atoms with Gasteiger partial charge < -0.3 is 0 Å². The van der Waals surface area contributed by atoms with E-state index in [9.17, 15) is 13.0 Å². The zero-order valence-electron chi connectivity index (χ0n) is 8.74. The predicted octanol–water partition coefficient (Wildman–Crippen LogP) is 2.76. The third-order valence-corrected chi connectivity index (χ3v) is 4.02. The Balaban J connectivity index is 2.95. The summed E-state index contributed by atoms with van der Waals surface area (Å²) in [5.41, 5.74) is 0. The largest absolute Gasteiger partial charge is 0.254 e. The van der Waals surface area contributed by atoms with Crippen LogP contribution in [0.25, 0.3) is 0 Å². The highest BCUT2D eigenvalue weighted by molar-refractivity contribution is 7.85. The molecule has 0 spiro atoms. The Bertz CT molecular complexity index is 442. The van der Waals surface area contributed by atoms with Crippen LogP contribution >= 0.6 is 0 Å². The van der Waals surface area contributed by atoms with Gasteiger partial charge in [0.25, 0.3) is 0 Å². The molecular weight excluding hydrogens is 232 g/mol. The molecule has 0 aliphatic heterocycles. The van der Waals surface area contributed by atoms with E-state index in [0.717, 1.165) is 12.1 Å². The van der Waals surface area contributed by atoms with Gasteiger partial charge in [-0.15, -0.1) is 0 Å². The summed E-state index contributed by atoms with van der Waals surface area (Å²) in [5.74, 6) is -1.98. The molecule has 16 heavy (non-hydrogen) atoms. The number of hydrogen-bond donors (Lipinski definition) is 0. The summed E-state index contributed by atoms with van der Waals surface area (Å²) in [5, 5.41) is 8.21. The number of hydrogen-bond acceptors (Lipinski definition) is 2. The monoisotopic (exact) mass is 243 g/mol. The zero-order valence-corrected chi connectivity index (χ0v) is 9.56. The van der Waals surface area contributed by atoms with Crippen molar-refractivity contribution in [2.24, 2.45) is 0 Å². The number of rotatable bonds is 4. The van der Waals surface area contributed by atoms with Gasteiger partial charge in [-0.25, -0.2) is 8.78 Å². The fourth-order valence-corrected chi connectivity index (χ4v) is 2.60. The van der Waals surface area contributed by atoms with E-state index in [4.69, 9.17) is 5.26 Å². The molecule has 0 aliphatic rings. The Hall–Kier alpha value is -1.28. The maximum atomic E-state index is 12.9. The van der Waals surface area contributed by atoms with Crippen molar-refractivity contribution in [3.8, 4) is 6.07 Å². The molecule has 0 amide bonds. The summed E-state index contributed by atoms with van der Waals surface area (Å²) >= 11 is 0. The second-order valence-electron chi connectivity index (χ2n) is 3.27. The number of benzene rings is 1. The van der Waals surface area contributed by atoms with E-state index in [1.807, 2.05) is 6.07 Å². The predicted molar refractivity (Wildman–Crippen MR) is 57.1 cm³/mol. The Morgan fingerprint density at radius 1 is 1.44 bits per heavy atom. The SMILES string of the molecule is CCC(CC#N)S(=O)c1ccc(F)c(F)c1. The van der Waals surface area contributed by atoms with Crippen molar-refractivity contribution in [2.45, 2.75) is 29.9 Å². The lowest BCUT2D eigenvalue weighted by molar-refractivity contribution is 0.505. The standard InChI is InChI=1S/C11H11F2NOS/c1-2-8(5-6-14)16(15)9-3-4-10(12)11(13)7-9/h3-4,7-8H,2,5H2,1H3. The summed E-state index contributed by atoms with van der Waals surface area (Å²) in [4.78, 5) is 0.223. The van der Waals surface area contributed by atoms with Crippen LogP contribution in [0.5, 0.6) is 0 Å². The van der Waals surface area contributed by atoms with Gasteiger partial charge in [0.2, 0.25) is 0 Å². The fraction of sp³-hybridized carbons (Fsp3) is 0.364. The number of nitrogens with zero attached hydrogens (tertiary/aromatic N) is 1. The molecule has 0 saturated carbocycles. The van der Waals surface area contributed by atoms with E-state index in [1.54, 1.807) is 6.92 Å². The quantitative estimate of drug-likeness (QED) is 0.815. The summed E-state index contributed by atoms with van der Waals surface area (Å²) in [7, 11) is -1.47. The van der Waals surface area contributed by atoms with Gasteiger partial charge in [-0.05, 0) is 24.6 Å². The van der Waals surface area contributed by atoms with Crippen molar-refractivity contribution in [1.82, 2.24) is 0 Å². The van der Waals surface area contributed by atoms with Crippen LogP contribution in [0.2, 0.25) is 0 Å². The van der Waals surface area contributed by atoms with E-state index in [-0.39, 0.29) is 16.6 Å². The smallest absolute Gasteiger partial charge is 0.160 e. The second kappa shape index (κ2) is 5.71. The second-order valence-corrected chi connectivity index (χ2v) is 5.00. The molecule has 0 fully saturated rings. The normalized spacial score (nSPS) is 14.1. The molecule has 0 N–H and O–H groups in total. The molecule has 0 radical (unpaired) electrons. The van der Waals surface area contributed by atoms with Gasteiger partial charge in [0.1, 0.15) is 0 Å². The molecule has 86 valence electrons. The maximum Gasteiger partial charge on any atom is 0.160 e. The molecule has 5 heteroatoms. The van der Waals surface area contributed by atoms with Crippen LogP contribution in [0, 0.1) is 23.0 Å². The van der Waals surface area contributed by atoms with Crippen molar-refractivity contribution in [3.05, 3.63) is 29.8 Å². The molecular formula is C11H11F2NOS. The van der Waals surface area contributed by atoms with Gasteiger partial charge in [0, 0.05) is 11.3 Å². The molecule has 1 rings (SSSR count). The Kier molecular flexibility index (Phi) is 4.56. The van der Waals surface area contributed by atoms with Crippen LogP contribution in [-0.4, -0.2) is 9.46 Å². The number of nitriles is 1. The van der Waals surface area contributed by atoms with Crippen molar-refractivity contribution in [3.63, 3.8) is 0 Å². The highest BCUT2D eigenvalue weighted by Gasteiger charge is 2.17. The summed E-state index contributed by atoms with van der Waals surface area (Å²) in [6.45, 7) is 1.81. The third-order valence-electron chi connectivity index (χ3n) is 2.20. The average Bonchev–Trinajstić information content (AvgIpc) is 2.28. The molecule has 0 heterocycles. The van der Waals surface area contributed by atoms with Gasteiger partial charge in [-0.3, -0.25) is 4.21 Å². The zero-order chi connectivity index (χ0) is 12.1. The van der Waals surface area contributed by atoms with Gasteiger partial charge in [-0.1, -0.05) is 6.92 Å². The minimum Gasteiger partial charge on any atom is -0.254 e. The Morgan fingerprint density at radius 3 is 2.62 bits per heavy atom. The highest BCUT2D eigenvalue weighted by Crippen LogP contribution is 2.18. The number of halogens is 2. The van der Waals surface area contributed by atoms with Crippen molar-refractivity contribution in [2.75, 3.05) is 0 Å². The average molecular weight is 243 g/mol. The minimum atomic E-state index is -1.47. The van der Waals surface area contributed by atoms with Crippen LogP contribution in [0.3, 0.4) is 0 Å². The van der Waals surface area contributed by atoms with Gasteiger partial charge >= 0.3 is 0 Å². The molecule has 1 aromatic carbocycles. The maximum absolute atomic E-state index is 12.9. The van der Waals surface area contributed by atoms with Crippen molar-refractivity contribution in [1.29, 1.82) is 5.26 Å². The first kappa shape index (κ1) is 12.8. The minimum absolute atomic E-state index is 0.141. The highest BCUT2D eigenvalue weighted by atomic mass is 32.2. The molecule has 2 nitrogen and oxygen atoms in total. The van der Waals surface area contributed by atoms with E-state index in [0.29, 0.717) is 6.42 Å². The lowest BCUT2D eigenvalue weighted by Crippen LogP contribution is -2.13. The first-order valence-electron chi connectivity index (χ1n) is 4.82. The topological polar surface area (TPSA) is 40.9 Å². The molecule has 2 atom stereocenters. The molecule has 0 aromatic heterocycles. The fourth-order valence-electron chi connectivity index (χ4n) is 1.27. The summed E-state index contributed by atoms with van der Waals surface area (Å²) in [6.07, 6.45) is 0.696. The van der Waals surface area contributed by atoms with Gasteiger partial charge in [0.05, 0.1) is 22.1 Å². The molecule has 0 bridgehead atoms. The van der Waals surface area contributed by atoms with E-state index >= 15 is 0 Å². The molecule has 2 unspecified atom stereocenters. The lowest BCUT2D eigenvalue weighted by Gasteiger charge is -2.10. The van der Waals surface area contributed by atoms with E-state index < -0.39 is 22.4 Å². The molecule has 0 aliphatic carbocycles. The van der Waals surface area contributed by atoms with Crippen LogP contribution in [0.1, 0.15) is 19.8 Å². The molecule has 0 saturated heterocycles.